The average molecular weight is 229 g/mol. The van der Waals surface area contributed by atoms with Crippen LogP contribution in [0.3, 0.4) is 0 Å². The van der Waals surface area contributed by atoms with E-state index in [2.05, 4.69) is 0 Å². The fourth-order valence-electron chi connectivity index (χ4n) is 1.40. The van der Waals surface area contributed by atoms with Crippen LogP contribution < -0.4 is 4.74 Å². The van der Waals surface area contributed by atoms with Crippen LogP contribution in [0.2, 0.25) is 0 Å². The van der Waals surface area contributed by atoms with Gasteiger partial charge in [-0.1, -0.05) is 12.1 Å². The number of ether oxygens (including phenoxy) is 1. The van der Waals surface area contributed by atoms with E-state index >= 15 is 0 Å². The van der Waals surface area contributed by atoms with Crippen molar-refractivity contribution >= 4 is 17.4 Å². The van der Waals surface area contributed by atoms with Gasteiger partial charge in [0.2, 0.25) is 0 Å². The molecule has 1 N–H and O–H groups in total. The maximum Gasteiger partial charge on any atom is 0.152 e. The molecule has 0 aliphatic carbocycles. The van der Waals surface area contributed by atoms with E-state index in [1.165, 1.54) is 14.0 Å². The Morgan fingerprint density at radius 2 is 2.27 bits per heavy atom. The number of aliphatic hydroxyl groups is 1. The number of halogens is 1. The van der Waals surface area contributed by atoms with Crippen LogP contribution in [0.15, 0.2) is 18.2 Å². The molecule has 0 saturated heterocycles. The van der Waals surface area contributed by atoms with Gasteiger partial charge >= 0.3 is 0 Å². The van der Waals surface area contributed by atoms with Gasteiger partial charge in [-0.05, 0) is 18.6 Å². The lowest BCUT2D eigenvalue weighted by atomic mass is 10.0. The van der Waals surface area contributed by atoms with E-state index in [9.17, 15) is 9.90 Å². The zero-order valence-electron chi connectivity index (χ0n) is 8.66. The topological polar surface area (TPSA) is 46.5 Å². The Kier molecular flexibility index (Phi) is 4.12. The molecule has 1 aromatic carbocycles. The number of hydrogen-bond acceptors (Lipinski definition) is 3. The average Bonchev–Trinajstić information content (AvgIpc) is 2.26. The van der Waals surface area contributed by atoms with Gasteiger partial charge in [0, 0.05) is 5.56 Å². The first kappa shape index (κ1) is 12.0. The van der Waals surface area contributed by atoms with E-state index in [0.717, 1.165) is 0 Å². The molecule has 0 aliphatic heterocycles. The maximum absolute atomic E-state index is 11.2. The summed E-state index contributed by atoms with van der Waals surface area (Å²) in [5.74, 6) is 0.390. The Labute approximate surface area is 93.6 Å². The molecule has 1 unspecified atom stereocenters. The third kappa shape index (κ3) is 2.49. The molecule has 0 radical (unpaired) electrons. The highest BCUT2D eigenvalue weighted by atomic mass is 35.5. The van der Waals surface area contributed by atoms with Gasteiger partial charge < -0.3 is 9.84 Å². The summed E-state index contributed by atoms with van der Waals surface area (Å²) in [6, 6.07) is 5.18. The lowest BCUT2D eigenvalue weighted by molar-refractivity contribution is -0.116. The Hall–Kier alpha value is -1.06. The van der Waals surface area contributed by atoms with E-state index in [0.29, 0.717) is 16.9 Å². The smallest absolute Gasteiger partial charge is 0.152 e. The quantitative estimate of drug-likeness (QED) is 0.803. The van der Waals surface area contributed by atoms with Gasteiger partial charge in [-0.25, -0.2) is 0 Å². The highest BCUT2D eigenvalue weighted by Crippen LogP contribution is 2.30. The van der Waals surface area contributed by atoms with Crippen molar-refractivity contribution in [2.75, 3.05) is 7.11 Å². The molecule has 4 heteroatoms. The number of methoxy groups -OCH3 is 1. The lowest BCUT2D eigenvalue weighted by Crippen LogP contribution is -2.06. The molecule has 1 aromatic rings. The van der Waals surface area contributed by atoms with Crippen LogP contribution in [0.5, 0.6) is 5.75 Å². The highest BCUT2D eigenvalue weighted by molar-refractivity contribution is 6.30. The van der Waals surface area contributed by atoms with Crippen molar-refractivity contribution < 1.29 is 14.6 Å². The zero-order chi connectivity index (χ0) is 11.4. The molecule has 1 atom stereocenters. The lowest BCUT2D eigenvalue weighted by Gasteiger charge is -2.14. The van der Waals surface area contributed by atoms with Gasteiger partial charge in [0.05, 0.1) is 13.7 Å². The Morgan fingerprint density at radius 1 is 1.60 bits per heavy atom. The fourth-order valence-corrected chi connectivity index (χ4v) is 1.60. The summed E-state index contributed by atoms with van der Waals surface area (Å²) in [5, 5.41) is 8.48. The monoisotopic (exact) mass is 228 g/mol. The predicted octanol–water partition coefficient (Wildman–Crippen LogP) is 2.06. The minimum absolute atomic E-state index is 0.153. The molecule has 0 spiro atoms. The van der Waals surface area contributed by atoms with Crippen molar-refractivity contribution in [2.24, 2.45) is 0 Å². The second-order valence-corrected chi connectivity index (χ2v) is 3.60. The standard InChI is InChI=1S/C11H13ClO3/c1-7(14)11(12)8-4-3-5-10(15-2)9(8)6-13/h3-5,11,13H,6H2,1-2H3. The van der Waals surface area contributed by atoms with Gasteiger partial charge in [-0.2, -0.15) is 0 Å². The van der Waals surface area contributed by atoms with Crippen molar-refractivity contribution in [3.63, 3.8) is 0 Å². The van der Waals surface area contributed by atoms with E-state index in [-0.39, 0.29) is 12.4 Å². The molecule has 0 amide bonds. The summed E-state index contributed by atoms with van der Waals surface area (Å²) < 4.78 is 5.08. The third-order valence-corrected chi connectivity index (χ3v) is 2.72. The van der Waals surface area contributed by atoms with Gasteiger partial charge in [0.25, 0.3) is 0 Å². The largest absolute Gasteiger partial charge is 0.496 e. The molecule has 0 bridgehead atoms. The highest BCUT2D eigenvalue weighted by Gasteiger charge is 2.18. The van der Waals surface area contributed by atoms with Crippen molar-refractivity contribution in [1.29, 1.82) is 0 Å². The number of alkyl halides is 1. The first-order valence-corrected chi connectivity index (χ1v) is 4.96. The minimum atomic E-state index is -0.734. The van der Waals surface area contributed by atoms with Crippen LogP contribution in [0.1, 0.15) is 23.4 Å². The number of Topliss-reactive ketones (excluding diaryl/α,β-unsaturated/α-hetero) is 1. The third-order valence-electron chi connectivity index (χ3n) is 2.18. The maximum atomic E-state index is 11.2. The minimum Gasteiger partial charge on any atom is -0.496 e. The second-order valence-electron chi connectivity index (χ2n) is 3.16. The number of aliphatic hydroxyl groups excluding tert-OH is 1. The summed E-state index contributed by atoms with van der Waals surface area (Å²) in [5.41, 5.74) is 1.17. The molecule has 1 rings (SSSR count). The van der Waals surface area contributed by atoms with E-state index in [1.807, 2.05) is 0 Å². The van der Waals surface area contributed by atoms with Gasteiger partial charge in [-0.15, -0.1) is 11.6 Å². The molecule has 3 nitrogen and oxygen atoms in total. The zero-order valence-corrected chi connectivity index (χ0v) is 9.41. The molecule has 0 aliphatic rings. The Bertz CT molecular complexity index is 363. The summed E-state index contributed by atoms with van der Waals surface area (Å²) in [7, 11) is 1.51. The first-order chi connectivity index (χ1) is 7.11. The molecule has 0 aromatic heterocycles. The summed E-state index contributed by atoms with van der Waals surface area (Å²) in [6.07, 6.45) is 0. The number of carbonyl (C=O) groups excluding carboxylic acids is 1. The summed E-state index contributed by atoms with van der Waals surface area (Å²) in [4.78, 5) is 11.2. The molecule has 15 heavy (non-hydrogen) atoms. The van der Waals surface area contributed by atoms with E-state index in [4.69, 9.17) is 16.3 Å². The number of hydrogen-bond donors (Lipinski definition) is 1. The first-order valence-electron chi connectivity index (χ1n) is 4.53. The number of carbonyl (C=O) groups is 1. The number of ketones is 1. The predicted molar refractivity (Wildman–Crippen MR) is 58.2 cm³/mol. The summed E-state index contributed by atoms with van der Waals surface area (Å²) >= 11 is 5.94. The molecule has 0 heterocycles. The van der Waals surface area contributed by atoms with E-state index < -0.39 is 5.38 Å². The summed E-state index contributed by atoms with van der Waals surface area (Å²) in [6.45, 7) is 1.22. The van der Waals surface area contributed by atoms with Crippen LogP contribution in [-0.2, 0) is 11.4 Å². The van der Waals surface area contributed by atoms with Crippen molar-refractivity contribution in [1.82, 2.24) is 0 Å². The normalized spacial score (nSPS) is 12.3. The molecular weight excluding hydrogens is 216 g/mol. The molecular formula is C11H13ClO3. The van der Waals surface area contributed by atoms with Gasteiger partial charge in [0.1, 0.15) is 11.1 Å². The van der Waals surface area contributed by atoms with Crippen LogP contribution in [-0.4, -0.2) is 18.0 Å². The van der Waals surface area contributed by atoms with E-state index in [1.54, 1.807) is 18.2 Å². The van der Waals surface area contributed by atoms with Crippen LogP contribution in [0, 0.1) is 0 Å². The number of rotatable bonds is 4. The van der Waals surface area contributed by atoms with Crippen LogP contribution >= 0.6 is 11.6 Å². The SMILES string of the molecule is COc1cccc(C(Cl)C(C)=O)c1CO. The van der Waals surface area contributed by atoms with Gasteiger partial charge in [-0.3, -0.25) is 4.79 Å². The molecule has 0 saturated carbocycles. The Morgan fingerprint density at radius 3 is 2.73 bits per heavy atom. The van der Waals surface area contributed by atoms with Crippen molar-refractivity contribution in [3.05, 3.63) is 29.3 Å². The van der Waals surface area contributed by atoms with Crippen LogP contribution in [0.4, 0.5) is 0 Å². The van der Waals surface area contributed by atoms with Crippen molar-refractivity contribution in [2.45, 2.75) is 18.9 Å². The van der Waals surface area contributed by atoms with Gasteiger partial charge in [0.15, 0.2) is 5.78 Å². The second kappa shape index (κ2) is 5.14. The molecule has 0 fully saturated rings. The Balaban J connectivity index is 3.22. The van der Waals surface area contributed by atoms with Crippen LogP contribution in [0.25, 0.3) is 0 Å². The fraction of sp³-hybridized carbons (Fsp3) is 0.364. The number of benzene rings is 1. The van der Waals surface area contributed by atoms with Crippen molar-refractivity contribution in [3.8, 4) is 5.75 Å². The molecule has 82 valence electrons.